The fourth-order valence-corrected chi connectivity index (χ4v) is 3.46. The summed E-state index contributed by atoms with van der Waals surface area (Å²) in [5.74, 6) is -0.669. The lowest BCUT2D eigenvalue weighted by Gasteiger charge is -2.17. The van der Waals surface area contributed by atoms with Crippen LogP contribution in [0.4, 0.5) is 0 Å². The number of hydrogen-bond donors (Lipinski definition) is 1. The molecule has 1 N–H and O–H groups in total. The van der Waals surface area contributed by atoms with E-state index < -0.39 is 12.0 Å². The number of halogens is 1. The van der Waals surface area contributed by atoms with Crippen molar-refractivity contribution >= 4 is 38.6 Å². The molecule has 0 aliphatic carbocycles. The molecule has 0 spiro atoms. The summed E-state index contributed by atoms with van der Waals surface area (Å²) in [6.07, 6.45) is 0.576. The summed E-state index contributed by atoms with van der Waals surface area (Å²) in [5.41, 5.74) is 1.84. The second kappa shape index (κ2) is 8.82. The van der Waals surface area contributed by atoms with Crippen LogP contribution in [0.5, 0.6) is 0 Å². The maximum atomic E-state index is 12.5. The lowest BCUT2D eigenvalue weighted by molar-refractivity contribution is -0.145. The van der Waals surface area contributed by atoms with E-state index in [9.17, 15) is 9.59 Å². The van der Waals surface area contributed by atoms with Crippen molar-refractivity contribution in [1.82, 2.24) is 5.32 Å². The zero-order chi connectivity index (χ0) is 19.2. The number of hydrogen-bond acceptors (Lipinski definition) is 3. The van der Waals surface area contributed by atoms with E-state index >= 15 is 0 Å². The normalized spacial score (nSPS) is 11.8. The number of benzene rings is 3. The van der Waals surface area contributed by atoms with Gasteiger partial charge in [-0.15, -0.1) is 0 Å². The minimum absolute atomic E-state index is 0.205. The van der Waals surface area contributed by atoms with Crippen molar-refractivity contribution < 1.29 is 14.3 Å². The van der Waals surface area contributed by atoms with Crippen molar-refractivity contribution in [3.8, 4) is 0 Å². The van der Waals surface area contributed by atoms with E-state index in [0.29, 0.717) is 6.42 Å². The van der Waals surface area contributed by atoms with Crippen molar-refractivity contribution in [3.63, 3.8) is 0 Å². The van der Waals surface area contributed by atoms with Crippen LogP contribution in [-0.2, 0) is 27.2 Å². The van der Waals surface area contributed by atoms with Gasteiger partial charge in [-0.2, -0.15) is 0 Å². The third kappa shape index (κ3) is 5.17. The number of esters is 1. The Kier molecular flexibility index (Phi) is 6.24. The average Bonchev–Trinajstić information content (AvgIpc) is 2.66. The Morgan fingerprint density at radius 1 is 0.963 bits per heavy atom. The number of rotatable bonds is 6. The number of amides is 1. The predicted molar refractivity (Wildman–Crippen MR) is 109 cm³/mol. The van der Waals surface area contributed by atoms with Gasteiger partial charge in [0.2, 0.25) is 5.91 Å². The van der Waals surface area contributed by atoms with E-state index in [1.165, 1.54) is 7.11 Å². The summed E-state index contributed by atoms with van der Waals surface area (Å²) < 4.78 is 5.78. The van der Waals surface area contributed by atoms with E-state index in [2.05, 4.69) is 21.2 Å². The second-order valence-electron chi connectivity index (χ2n) is 6.34. The largest absolute Gasteiger partial charge is 0.467 e. The van der Waals surface area contributed by atoms with E-state index in [4.69, 9.17) is 4.74 Å². The Hall–Kier alpha value is -2.66. The fourth-order valence-electron chi connectivity index (χ4n) is 3.01. The molecule has 0 unspecified atom stereocenters. The summed E-state index contributed by atoms with van der Waals surface area (Å²) >= 11 is 3.42. The minimum Gasteiger partial charge on any atom is -0.467 e. The molecule has 0 bridgehead atoms. The van der Waals surface area contributed by atoms with Crippen LogP contribution < -0.4 is 5.32 Å². The van der Waals surface area contributed by atoms with Crippen LogP contribution in [0.25, 0.3) is 10.8 Å². The maximum absolute atomic E-state index is 12.5. The van der Waals surface area contributed by atoms with Crippen molar-refractivity contribution in [3.05, 3.63) is 82.3 Å². The van der Waals surface area contributed by atoms with Gasteiger partial charge in [0.15, 0.2) is 0 Å². The van der Waals surface area contributed by atoms with Crippen molar-refractivity contribution in [2.75, 3.05) is 7.11 Å². The van der Waals surface area contributed by atoms with E-state index in [-0.39, 0.29) is 12.3 Å². The third-order valence-electron chi connectivity index (χ3n) is 4.33. The van der Waals surface area contributed by atoms with Crippen LogP contribution in [0.1, 0.15) is 11.1 Å². The smallest absolute Gasteiger partial charge is 0.328 e. The molecule has 1 amide bonds. The van der Waals surface area contributed by atoms with Crippen LogP contribution in [0.3, 0.4) is 0 Å². The molecule has 1 atom stereocenters. The van der Waals surface area contributed by atoms with Crippen LogP contribution in [0.2, 0.25) is 0 Å². The standard InChI is InChI=1S/C22H20BrNO3/c1-27-22(26)20(13-15-5-4-8-19(23)12-15)24-21(25)14-16-9-10-17-6-2-3-7-18(17)11-16/h2-12,20H,13-14H2,1H3,(H,24,25)/t20-/m1/s1. The van der Waals surface area contributed by atoms with Gasteiger partial charge in [-0.3, -0.25) is 4.79 Å². The summed E-state index contributed by atoms with van der Waals surface area (Å²) in [7, 11) is 1.33. The molecule has 5 heteroatoms. The molecular formula is C22H20BrNO3. The van der Waals surface area contributed by atoms with Gasteiger partial charge in [0.25, 0.3) is 0 Å². The monoisotopic (exact) mass is 425 g/mol. The number of methoxy groups -OCH3 is 1. The van der Waals surface area contributed by atoms with Crippen LogP contribution in [-0.4, -0.2) is 25.0 Å². The first-order valence-electron chi connectivity index (χ1n) is 8.64. The van der Waals surface area contributed by atoms with E-state index in [0.717, 1.165) is 26.4 Å². The Balaban J connectivity index is 1.70. The molecule has 3 aromatic rings. The van der Waals surface area contributed by atoms with Crippen LogP contribution >= 0.6 is 15.9 Å². The van der Waals surface area contributed by atoms with Crippen LogP contribution in [0, 0.1) is 0 Å². The molecule has 3 aromatic carbocycles. The maximum Gasteiger partial charge on any atom is 0.328 e. The lowest BCUT2D eigenvalue weighted by atomic mass is 10.0. The Morgan fingerprint density at radius 3 is 2.48 bits per heavy atom. The average molecular weight is 426 g/mol. The third-order valence-corrected chi connectivity index (χ3v) is 4.82. The van der Waals surface area contributed by atoms with Gasteiger partial charge in [0.1, 0.15) is 6.04 Å². The molecule has 0 saturated heterocycles. The number of fused-ring (bicyclic) bond motifs is 1. The number of carbonyl (C=O) groups excluding carboxylic acids is 2. The first-order valence-corrected chi connectivity index (χ1v) is 9.44. The first-order chi connectivity index (χ1) is 13.0. The molecule has 0 aromatic heterocycles. The molecule has 0 heterocycles. The molecule has 0 fully saturated rings. The highest BCUT2D eigenvalue weighted by atomic mass is 79.9. The molecule has 0 aliphatic heterocycles. The fraction of sp³-hybridized carbons (Fsp3) is 0.182. The summed E-state index contributed by atoms with van der Waals surface area (Å²) in [4.78, 5) is 24.6. The van der Waals surface area contributed by atoms with Crippen molar-refractivity contribution in [1.29, 1.82) is 0 Å². The molecular weight excluding hydrogens is 406 g/mol. The SMILES string of the molecule is COC(=O)[C@@H](Cc1cccc(Br)c1)NC(=O)Cc1ccc2ccccc2c1. The molecule has 3 rings (SSSR count). The van der Waals surface area contributed by atoms with Gasteiger partial charge in [0, 0.05) is 10.9 Å². The topological polar surface area (TPSA) is 55.4 Å². The zero-order valence-electron chi connectivity index (χ0n) is 14.9. The van der Waals surface area contributed by atoms with Crippen LogP contribution in [0.15, 0.2) is 71.2 Å². The molecule has 138 valence electrons. The summed E-state index contributed by atoms with van der Waals surface area (Å²) in [6.45, 7) is 0. The molecule has 0 saturated carbocycles. The molecule has 27 heavy (non-hydrogen) atoms. The van der Waals surface area contributed by atoms with Crippen molar-refractivity contribution in [2.45, 2.75) is 18.9 Å². The number of ether oxygens (including phenoxy) is 1. The van der Waals surface area contributed by atoms with Gasteiger partial charge >= 0.3 is 5.97 Å². The van der Waals surface area contributed by atoms with Crippen molar-refractivity contribution in [2.24, 2.45) is 0 Å². The van der Waals surface area contributed by atoms with E-state index in [1.807, 2.05) is 66.7 Å². The highest BCUT2D eigenvalue weighted by molar-refractivity contribution is 9.10. The second-order valence-corrected chi connectivity index (χ2v) is 7.25. The minimum atomic E-state index is -0.725. The van der Waals surface area contributed by atoms with Gasteiger partial charge in [0.05, 0.1) is 13.5 Å². The first kappa shape index (κ1) is 19.1. The number of nitrogens with one attached hydrogen (secondary N) is 1. The summed E-state index contributed by atoms with van der Waals surface area (Å²) in [5, 5.41) is 5.02. The predicted octanol–water partition coefficient (Wildman–Crippen LogP) is 4.05. The Morgan fingerprint density at radius 2 is 1.74 bits per heavy atom. The van der Waals surface area contributed by atoms with Gasteiger partial charge < -0.3 is 10.1 Å². The van der Waals surface area contributed by atoms with E-state index in [1.54, 1.807) is 0 Å². The summed E-state index contributed by atoms with van der Waals surface area (Å²) in [6, 6.07) is 20.8. The molecule has 0 radical (unpaired) electrons. The highest BCUT2D eigenvalue weighted by Gasteiger charge is 2.22. The van der Waals surface area contributed by atoms with Gasteiger partial charge in [-0.25, -0.2) is 4.79 Å². The zero-order valence-corrected chi connectivity index (χ0v) is 16.5. The Labute approximate surface area is 166 Å². The Bertz CT molecular complexity index is 970. The molecule has 0 aliphatic rings. The molecule has 4 nitrogen and oxygen atoms in total. The number of carbonyl (C=O) groups is 2. The highest BCUT2D eigenvalue weighted by Crippen LogP contribution is 2.16. The van der Waals surface area contributed by atoms with Gasteiger partial charge in [-0.1, -0.05) is 70.5 Å². The van der Waals surface area contributed by atoms with Gasteiger partial charge in [-0.05, 0) is 34.0 Å². The lowest BCUT2D eigenvalue weighted by Crippen LogP contribution is -2.43. The quantitative estimate of drug-likeness (QED) is 0.606.